The van der Waals surface area contributed by atoms with E-state index in [2.05, 4.69) is 15.9 Å². The van der Waals surface area contributed by atoms with Gasteiger partial charge in [0.05, 0.1) is 5.56 Å². The number of hydrogen-bond donors (Lipinski definition) is 0. The Kier molecular flexibility index (Phi) is 4.96. The lowest BCUT2D eigenvalue weighted by atomic mass is 9.86. The van der Waals surface area contributed by atoms with Gasteiger partial charge in [0.15, 0.2) is 0 Å². The maximum Gasteiger partial charge on any atom is 0.457 e. The van der Waals surface area contributed by atoms with E-state index in [-0.39, 0.29) is 12.1 Å². The summed E-state index contributed by atoms with van der Waals surface area (Å²) in [5.41, 5.74) is -11.0. The Labute approximate surface area is 133 Å². The van der Waals surface area contributed by atoms with Crippen molar-refractivity contribution in [2.24, 2.45) is 0 Å². The van der Waals surface area contributed by atoms with Crippen LogP contribution < -0.4 is 0 Å². The van der Waals surface area contributed by atoms with E-state index >= 15 is 0 Å². The molecule has 0 aliphatic heterocycles. The Morgan fingerprint density at radius 3 is 1.33 bits per heavy atom. The van der Waals surface area contributed by atoms with Crippen LogP contribution in [-0.4, -0.2) is 18.3 Å². The molecule has 1 aromatic rings. The summed E-state index contributed by atoms with van der Waals surface area (Å²) >= 11 is 2.22. The molecule has 0 heterocycles. The van der Waals surface area contributed by atoms with Gasteiger partial charge in [0, 0.05) is 10.0 Å². The second kappa shape index (κ2) is 5.70. The second-order valence-corrected chi connectivity index (χ2v) is 5.37. The molecule has 13 heteroatoms. The van der Waals surface area contributed by atoms with Crippen molar-refractivity contribution in [2.75, 3.05) is 0 Å². The third-order valence-electron chi connectivity index (χ3n) is 2.80. The molecular formula is C11H3BrF12. The highest BCUT2D eigenvalue weighted by molar-refractivity contribution is 9.10. The molecule has 0 aromatic heterocycles. The van der Waals surface area contributed by atoms with E-state index in [1.807, 2.05) is 0 Å². The summed E-state index contributed by atoms with van der Waals surface area (Å²) in [6.07, 6.45) is -19.3. The summed E-state index contributed by atoms with van der Waals surface area (Å²) in [7, 11) is 0. The molecule has 0 aliphatic rings. The fraction of sp³-hybridized carbons (Fsp3) is 0.455. The molecule has 0 nitrogen and oxygen atoms in total. The molecule has 0 radical (unpaired) electrons. The average molecular weight is 443 g/mol. The van der Waals surface area contributed by atoms with Crippen LogP contribution in [-0.2, 0) is 11.8 Å². The molecule has 138 valence electrons. The molecule has 0 N–H and O–H groups in total. The standard InChI is InChI=1S/C11H3BrF12/c12-6-2-4(1-5(3-6)8(14,15)16)7(13,10(19,20)21)9(17,18)11(22,23)24/h1-3H. The molecule has 24 heavy (non-hydrogen) atoms. The van der Waals surface area contributed by atoms with Gasteiger partial charge in [-0.15, -0.1) is 0 Å². The van der Waals surface area contributed by atoms with E-state index in [4.69, 9.17) is 0 Å². The van der Waals surface area contributed by atoms with E-state index in [0.29, 0.717) is 0 Å². The Bertz CT molecular complexity index is 611. The Morgan fingerprint density at radius 2 is 1.00 bits per heavy atom. The topological polar surface area (TPSA) is 0 Å². The SMILES string of the molecule is FC(F)(F)c1cc(Br)cc(C(F)(C(F)(F)F)C(F)(F)C(F)(F)F)c1. The van der Waals surface area contributed by atoms with Gasteiger partial charge in [-0.25, -0.2) is 4.39 Å². The summed E-state index contributed by atoms with van der Waals surface area (Å²) in [6.45, 7) is 0. The third kappa shape index (κ3) is 3.31. The fourth-order valence-corrected chi connectivity index (χ4v) is 2.16. The minimum absolute atomic E-state index is 0.0893. The van der Waals surface area contributed by atoms with Gasteiger partial charge in [-0.1, -0.05) is 15.9 Å². The van der Waals surface area contributed by atoms with Crippen molar-refractivity contribution in [3.05, 3.63) is 33.8 Å². The van der Waals surface area contributed by atoms with Gasteiger partial charge >= 0.3 is 30.1 Å². The fourth-order valence-electron chi connectivity index (χ4n) is 1.67. The van der Waals surface area contributed by atoms with Gasteiger partial charge in [-0.3, -0.25) is 0 Å². The highest BCUT2D eigenvalue weighted by atomic mass is 79.9. The molecule has 0 saturated carbocycles. The lowest BCUT2D eigenvalue weighted by molar-refractivity contribution is -0.389. The van der Waals surface area contributed by atoms with E-state index in [1.165, 1.54) is 0 Å². The van der Waals surface area contributed by atoms with Crippen molar-refractivity contribution < 1.29 is 52.7 Å². The molecule has 0 spiro atoms. The Balaban J connectivity index is 3.82. The third-order valence-corrected chi connectivity index (χ3v) is 3.26. The molecular weight excluding hydrogens is 440 g/mol. The van der Waals surface area contributed by atoms with Crippen LogP contribution in [0.15, 0.2) is 22.7 Å². The molecule has 1 rings (SSSR count). The minimum atomic E-state index is -7.04. The second-order valence-electron chi connectivity index (χ2n) is 4.45. The zero-order valence-electron chi connectivity index (χ0n) is 10.6. The van der Waals surface area contributed by atoms with Gasteiger partial charge in [0.25, 0.3) is 0 Å². The first-order valence-corrected chi connectivity index (χ1v) is 6.23. The van der Waals surface area contributed by atoms with E-state index < -0.39 is 51.8 Å². The Hall–Kier alpha value is -1.14. The monoisotopic (exact) mass is 442 g/mol. The highest BCUT2D eigenvalue weighted by Crippen LogP contribution is 2.58. The van der Waals surface area contributed by atoms with Gasteiger partial charge in [-0.2, -0.15) is 48.3 Å². The van der Waals surface area contributed by atoms with Crippen molar-refractivity contribution in [1.82, 2.24) is 0 Å². The van der Waals surface area contributed by atoms with Crippen LogP contribution in [0.1, 0.15) is 11.1 Å². The maximum absolute atomic E-state index is 14.1. The zero-order chi connectivity index (χ0) is 19.4. The van der Waals surface area contributed by atoms with Crippen molar-refractivity contribution >= 4 is 15.9 Å². The van der Waals surface area contributed by atoms with E-state index in [0.717, 1.165) is 0 Å². The van der Waals surface area contributed by atoms with Gasteiger partial charge in [-0.05, 0) is 18.2 Å². The van der Waals surface area contributed by atoms with Crippen LogP contribution in [0.3, 0.4) is 0 Å². The van der Waals surface area contributed by atoms with Crippen molar-refractivity contribution in [1.29, 1.82) is 0 Å². The normalized spacial score (nSPS) is 16.9. The van der Waals surface area contributed by atoms with Crippen molar-refractivity contribution in [3.8, 4) is 0 Å². The highest BCUT2D eigenvalue weighted by Gasteiger charge is 2.81. The number of halogens is 13. The predicted octanol–water partition coefficient (Wildman–Crippen LogP) is 6.39. The van der Waals surface area contributed by atoms with Crippen LogP contribution in [0.2, 0.25) is 0 Å². The molecule has 1 aromatic carbocycles. The smallest absolute Gasteiger partial charge is 0.221 e. The average Bonchev–Trinajstić information content (AvgIpc) is 2.32. The molecule has 0 amide bonds. The number of hydrogen-bond acceptors (Lipinski definition) is 0. The maximum atomic E-state index is 14.1. The first-order chi connectivity index (χ1) is 10.4. The van der Waals surface area contributed by atoms with Gasteiger partial charge in [0.1, 0.15) is 0 Å². The quantitative estimate of drug-likeness (QED) is 0.465. The Morgan fingerprint density at radius 1 is 0.583 bits per heavy atom. The van der Waals surface area contributed by atoms with E-state index in [9.17, 15) is 52.7 Å². The van der Waals surface area contributed by atoms with E-state index in [1.54, 1.807) is 0 Å². The number of rotatable bonds is 2. The largest absolute Gasteiger partial charge is 0.457 e. The zero-order valence-corrected chi connectivity index (χ0v) is 12.2. The van der Waals surface area contributed by atoms with Crippen molar-refractivity contribution in [3.63, 3.8) is 0 Å². The van der Waals surface area contributed by atoms with Gasteiger partial charge < -0.3 is 0 Å². The van der Waals surface area contributed by atoms with Crippen LogP contribution >= 0.6 is 15.9 Å². The summed E-state index contributed by atoms with van der Waals surface area (Å²) < 4.78 is 152. The molecule has 0 saturated heterocycles. The summed E-state index contributed by atoms with van der Waals surface area (Å²) in [5, 5.41) is 0. The van der Waals surface area contributed by atoms with Gasteiger partial charge in [0.2, 0.25) is 0 Å². The lowest BCUT2D eigenvalue weighted by Crippen LogP contribution is -2.59. The van der Waals surface area contributed by atoms with Crippen LogP contribution in [0, 0.1) is 0 Å². The predicted molar refractivity (Wildman–Crippen MR) is 59.0 cm³/mol. The van der Waals surface area contributed by atoms with Crippen LogP contribution in [0.4, 0.5) is 52.7 Å². The molecule has 0 fully saturated rings. The molecule has 1 unspecified atom stereocenters. The summed E-state index contributed by atoms with van der Waals surface area (Å²) in [6, 6.07) is -0.897. The number of benzene rings is 1. The summed E-state index contributed by atoms with van der Waals surface area (Å²) in [5.74, 6) is -7.04. The summed E-state index contributed by atoms with van der Waals surface area (Å²) in [4.78, 5) is 0. The van der Waals surface area contributed by atoms with Crippen molar-refractivity contribution in [2.45, 2.75) is 30.1 Å². The molecule has 0 aliphatic carbocycles. The number of alkyl halides is 12. The minimum Gasteiger partial charge on any atom is -0.221 e. The molecule has 0 bridgehead atoms. The first kappa shape index (κ1) is 20.9. The molecule has 1 atom stereocenters. The first-order valence-electron chi connectivity index (χ1n) is 5.44. The lowest BCUT2D eigenvalue weighted by Gasteiger charge is -2.36. The van der Waals surface area contributed by atoms with Crippen LogP contribution in [0.5, 0.6) is 0 Å². The van der Waals surface area contributed by atoms with Crippen LogP contribution in [0.25, 0.3) is 0 Å².